The van der Waals surface area contributed by atoms with Crippen LogP contribution >= 0.6 is 27.5 Å². The van der Waals surface area contributed by atoms with Gasteiger partial charge in [0.15, 0.2) is 0 Å². The van der Waals surface area contributed by atoms with Gasteiger partial charge in [0.1, 0.15) is 0 Å². The molecule has 0 fully saturated rings. The Bertz CT molecular complexity index is 619. The number of nitrogens with one attached hydrogen (secondary N) is 2. The molecule has 0 radical (unpaired) electrons. The summed E-state index contributed by atoms with van der Waals surface area (Å²) in [5.41, 5.74) is 1.80. The van der Waals surface area contributed by atoms with Gasteiger partial charge in [0, 0.05) is 22.7 Å². The summed E-state index contributed by atoms with van der Waals surface area (Å²) < 4.78 is 0.769. The van der Waals surface area contributed by atoms with Gasteiger partial charge in [0.2, 0.25) is 0 Å². The van der Waals surface area contributed by atoms with Crippen LogP contribution in [0.3, 0.4) is 0 Å². The average Bonchev–Trinajstić information content (AvgIpc) is 2.42. The van der Waals surface area contributed by atoms with Crippen molar-refractivity contribution < 1.29 is 4.79 Å². The molecule has 2 rings (SSSR count). The molecule has 1 amide bonds. The van der Waals surface area contributed by atoms with Crippen LogP contribution < -0.4 is 10.6 Å². The first-order chi connectivity index (χ1) is 9.11. The lowest BCUT2D eigenvalue weighted by Gasteiger charge is -2.10. The molecule has 2 aromatic rings. The van der Waals surface area contributed by atoms with E-state index in [1.807, 2.05) is 0 Å². The fourth-order valence-electron chi connectivity index (χ4n) is 1.57. The minimum atomic E-state index is -0.227. The van der Waals surface area contributed by atoms with Crippen molar-refractivity contribution in [1.82, 2.24) is 4.98 Å². The molecular weight excluding hydrogens is 330 g/mol. The third-order valence-corrected chi connectivity index (χ3v) is 3.44. The molecule has 0 unspecified atom stereocenters. The molecule has 0 atom stereocenters. The van der Waals surface area contributed by atoms with Crippen LogP contribution in [0.2, 0.25) is 5.02 Å². The van der Waals surface area contributed by atoms with Gasteiger partial charge in [-0.15, -0.1) is 0 Å². The van der Waals surface area contributed by atoms with Crippen molar-refractivity contribution in [2.75, 3.05) is 17.7 Å². The molecule has 98 valence electrons. The van der Waals surface area contributed by atoms with Crippen LogP contribution in [-0.4, -0.2) is 17.9 Å². The van der Waals surface area contributed by atoms with Crippen molar-refractivity contribution in [3.05, 3.63) is 51.7 Å². The number of aromatic nitrogens is 1. The summed E-state index contributed by atoms with van der Waals surface area (Å²) in [6.45, 7) is 0. The van der Waals surface area contributed by atoms with E-state index in [9.17, 15) is 4.79 Å². The van der Waals surface area contributed by atoms with E-state index in [0.717, 1.165) is 4.47 Å². The normalized spacial score (nSPS) is 10.1. The summed E-state index contributed by atoms with van der Waals surface area (Å²) in [6, 6.07) is 6.86. The van der Waals surface area contributed by atoms with Gasteiger partial charge in [-0.25, -0.2) is 0 Å². The number of carbonyl (C=O) groups is 1. The molecule has 0 aliphatic rings. The van der Waals surface area contributed by atoms with E-state index in [4.69, 9.17) is 11.6 Å². The van der Waals surface area contributed by atoms with Crippen LogP contribution in [0.25, 0.3) is 0 Å². The summed E-state index contributed by atoms with van der Waals surface area (Å²) >= 11 is 9.28. The molecule has 19 heavy (non-hydrogen) atoms. The van der Waals surface area contributed by atoms with E-state index in [0.29, 0.717) is 22.0 Å². The predicted molar refractivity (Wildman–Crippen MR) is 80.9 cm³/mol. The van der Waals surface area contributed by atoms with Gasteiger partial charge in [0.25, 0.3) is 5.91 Å². The van der Waals surface area contributed by atoms with Crippen LogP contribution in [-0.2, 0) is 0 Å². The number of amides is 1. The maximum absolute atomic E-state index is 12.2. The summed E-state index contributed by atoms with van der Waals surface area (Å²) in [5, 5.41) is 6.29. The molecule has 6 heteroatoms. The summed E-state index contributed by atoms with van der Waals surface area (Å²) in [5.74, 6) is -0.227. The first-order valence-electron chi connectivity index (χ1n) is 5.50. The second-order valence-corrected chi connectivity index (χ2v) is 5.04. The van der Waals surface area contributed by atoms with E-state index < -0.39 is 0 Å². The van der Waals surface area contributed by atoms with Gasteiger partial charge in [-0.05, 0) is 40.2 Å². The smallest absolute Gasteiger partial charge is 0.257 e. The molecule has 2 N–H and O–H groups in total. The number of rotatable bonds is 3. The highest BCUT2D eigenvalue weighted by molar-refractivity contribution is 9.10. The largest absolute Gasteiger partial charge is 0.386 e. The van der Waals surface area contributed by atoms with Gasteiger partial charge in [0.05, 0.1) is 23.1 Å². The molecular formula is C13H11BrClN3O. The Hall–Kier alpha value is -1.59. The molecule has 1 heterocycles. The van der Waals surface area contributed by atoms with E-state index in [-0.39, 0.29) is 5.91 Å². The zero-order valence-corrected chi connectivity index (χ0v) is 12.4. The van der Waals surface area contributed by atoms with Crippen LogP contribution in [0.15, 0.2) is 41.1 Å². The van der Waals surface area contributed by atoms with E-state index in [1.54, 1.807) is 43.7 Å². The van der Waals surface area contributed by atoms with Crippen molar-refractivity contribution >= 4 is 44.8 Å². The highest BCUT2D eigenvalue weighted by atomic mass is 79.9. The molecule has 1 aromatic heterocycles. The van der Waals surface area contributed by atoms with Gasteiger partial charge >= 0.3 is 0 Å². The summed E-state index contributed by atoms with van der Waals surface area (Å²) in [6.07, 6.45) is 3.17. The monoisotopic (exact) mass is 339 g/mol. The molecule has 0 saturated carbocycles. The predicted octanol–water partition coefficient (Wildman–Crippen LogP) is 3.79. The third kappa shape index (κ3) is 3.24. The van der Waals surface area contributed by atoms with Gasteiger partial charge < -0.3 is 10.6 Å². The summed E-state index contributed by atoms with van der Waals surface area (Å²) in [7, 11) is 1.74. The lowest BCUT2D eigenvalue weighted by molar-refractivity contribution is 0.102. The van der Waals surface area contributed by atoms with Crippen molar-refractivity contribution in [2.45, 2.75) is 0 Å². The van der Waals surface area contributed by atoms with Gasteiger partial charge in [-0.2, -0.15) is 0 Å². The maximum atomic E-state index is 12.2. The topological polar surface area (TPSA) is 54.0 Å². The number of benzene rings is 1. The minimum absolute atomic E-state index is 0.227. The molecule has 1 aromatic carbocycles. The van der Waals surface area contributed by atoms with Crippen LogP contribution in [0.5, 0.6) is 0 Å². The molecule has 0 aliphatic carbocycles. The Kier molecular flexibility index (Phi) is 4.39. The summed E-state index contributed by atoms with van der Waals surface area (Å²) in [4.78, 5) is 16.2. The van der Waals surface area contributed by atoms with Crippen LogP contribution in [0.1, 0.15) is 10.4 Å². The lowest BCUT2D eigenvalue weighted by Crippen LogP contribution is -2.14. The Morgan fingerprint density at radius 1 is 1.32 bits per heavy atom. The Balaban J connectivity index is 2.28. The van der Waals surface area contributed by atoms with Gasteiger partial charge in [-0.1, -0.05) is 11.6 Å². The first kappa shape index (κ1) is 13.8. The molecule has 0 spiro atoms. The number of halogens is 2. The number of anilines is 2. The van der Waals surface area contributed by atoms with E-state index >= 15 is 0 Å². The fraction of sp³-hybridized carbons (Fsp3) is 0.0769. The number of nitrogens with zero attached hydrogens (tertiary/aromatic N) is 1. The molecule has 4 nitrogen and oxygen atoms in total. The van der Waals surface area contributed by atoms with Crippen molar-refractivity contribution in [2.24, 2.45) is 0 Å². The van der Waals surface area contributed by atoms with Crippen LogP contribution in [0, 0.1) is 0 Å². The minimum Gasteiger partial charge on any atom is -0.386 e. The fourth-order valence-corrected chi connectivity index (χ4v) is 2.09. The second-order valence-electron chi connectivity index (χ2n) is 3.75. The van der Waals surface area contributed by atoms with E-state index in [1.165, 1.54) is 0 Å². The van der Waals surface area contributed by atoms with Gasteiger partial charge in [-0.3, -0.25) is 9.78 Å². The Morgan fingerprint density at radius 3 is 2.84 bits per heavy atom. The molecule has 0 aliphatic heterocycles. The number of hydrogen-bond acceptors (Lipinski definition) is 3. The molecule has 0 saturated heterocycles. The Labute approximate surface area is 124 Å². The van der Waals surface area contributed by atoms with E-state index in [2.05, 4.69) is 31.5 Å². The highest BCUT2D eigenvalue weighted by Gasteiger charge is 2.12. The lowest BCUT2D eigenvalue weighted by atomic mass is 10.2. The first-order valence-corrected chi connectivity index (χ1v) is 6.67. The number of carbonyl (C=O) groups excluding carboxylic acids is 1. The SMILES string of the molecule is CNc1cnccc1C(=O)Nc1cc(Cl)ccc1Br. The second kappa shape index (κ2) is 6.04. The van der Waals surface area contributed by atoms with Crippen LogP contribution in [0.4, 0.5) is 11.4 Å². The van der Waals surface area contributed by atoms with Crippen molar-refractivity contribution in [3.8, 4) is 0 Å². The zero-order chi connectivity index (χ0) is 13.8. The third-order valence-electron chi connectivity index (χ3n) is 2.51. The zero-order valence-electron chi connectivity index (χ0n) is 10.1. The number of hydrogen-bond donors (Lipinski definition) is 2. The molecule has 0 bridgehead atoms. The Morgan fingerprint density at radius 2 is 2.11 bits per heavy atom. The van der Waals surface area contributed by atoms with Crippen molar-refractivity contribution in [1.29, 1.82) is 0 Å². The number of pyridine rings is 1. The quantitative estimate of drug-likeness (QED) is 0.894. The maximum Gasteiger partial charge on any atom is 0.257 e. The standard InChI is InChI=1S/C13H11BrClN3O/c1-16-12-7-17-5-4-9(12)13(19)18-11-6-8(15)2-3-10(11)14/h2-7,16H,1H3,(H,18,19). The van der Waals surface area contributed by atoms with Crippen molar-refractivity contribution in [3.63, 3.8) is 0 Å². The highest BCUT2D eigenvalue weighted by Crippen LogP contribution is 2.27. The average molecular weight is 341 g/mol.